The molecule has 4 nitrogen and oxygen atoms in total. The first-order valence-corrected chi connectivity index (χ1v) is 6.88. The van der Waals surface area contributed by atoms with Crippen LogP contribution in [0.4, 0.5) is 0 Å². The third kappa shape index (κ3) is 3.70. The van der Waals surface area contributed by atoms with Gasteiger partial charge >= 0.3 is 5.97 Å². The molecule has 0 saturated heterocycles. The minimum absolute atomic E-state index is 0.0751. The van der Waals surface area contributed by atoms with E-state index in [0.717, 1.165) is 10.0 Å². The minimum atomic E-state index is -0.472. The number of hydrogen-bond acceptors (Lipinski definition) is 4. The van der Waals surface area contributed by atoms with Crippen LogP contribution in [-0.2, 0) is 9.53 Å². The second kappa shape index (κ2) is 6.91. The maximum Gasteiger partial charge on any atom is 0.310 e. The van der Waals surface area contributed by atoms with Crippen molar-refractivity contribution in [3.8, 4) is 5.75 Å². The zero-order chi connectivity index (χ0) is 14.6. The average molecular weight is 330 g/mol. The second-order valence-corrected chi connectivity index (χ2v) is 5.62. The molecule has 19 heavy (non-hydrogen) atoms. The van der Waals surface area contributed by atoms with Crippen molar-refractivity contribution >= 4 is 21.9 Å². The highest BCUT2D eigenvalue weighted by Gasteiger charge is 2.32. The van der Waals surface area contributed by atoms with Crippen LogP contribution in [0.5, 0.6) is 5.75 Å². The minimum Gasteiger partial charge on any atom is -0.496 e. The summed E-state index contributed by atoms with van der Waals surface area (Å²) in [6, 6.07) is 5.10. The van der Waals surface area contributed by atoms with Gasteiger partial charge in [0.05, 0.1) is 20.1 Å². The molecular formula is C14H20BrNO3. The number of halogens is 1. The Morgan fingerprint density at radius 1 is 1.32 bits per heavy atom. The van der Waals surface area contributed by atoms with Gasteiger partial charge in [-0.3, -0.25) is 4.79 Å². The lowest BCUT2D eigenvalue weighted by atomic mass is 9.84. The van der Waals surface area contributed by atoms with Gasteiger partial charge in [0.25, 0.3) is 0 Å². The average Bonchev–Trinajstić information content (AvgIpc) is 2.38. The predicted octanol–water partition coefficient (Wildman–Crippen LogP) is 2.90. The van der Waals surface area contributed by atoms with E-state index in [1.807, 2.05) is 32.0 Å². The van der Waals surface area contributed by atoms with Crippen LogP contribution in [0.1, 0.15) is 25.5 Å². The molecule has 0 aliphatic heterocycles. The summed E-state index contributed by atoms with van der Waals surface area (Å²) >= 11 is 3.41. The van der Waals surface area contributed by atoms with Crippen molar-refractivity contribution in [3.05, 3.63) is 28.2 Å². The normalized spacial score (nSPS) is 14.1. The molecule has 1 aromatic carbocycles. The Kier molecular flexibility index (Phi) is 5.82. The van der Waals surface area contributed by atoms with Gasteiger partial charge in [-0.2, -0.15) is 0 Å². The van der Waals surface area contributed by atoms with E-state index in [1.165, 1.54) is 7.11 Å². The lowest BCUT2D eigenvalue weighted by Crippen LogP contribution is -2.33. The summed E-state index contributed by atoms with van der Waals surface area (Å²) < 4.78 is 11.1. The van der Waals surface area contributed by atoms with Crippen molar-refractivity contribution < 1.29 is 14.3 Å². The van der Waals surface area contributed by atoms with Gasteiger partial charge in [0.1, 0.15) is 5.75 Å². The molecule has 0 bridgehead atoms. The lowest BCUT2D eigenvalue weighted by molar-refractivity contribution is -0.148. The number of methoxy groups -OCH3 is 2. The lowest BCUT2D eigenvalue weighted by Gasteiger charge is -2.26. The first kappa shape index (κ1) is 16.0. The van der Waals surface area contributed by atoms with Gasteiger partial charge in [0.2, 0.25) is 0 Å². The Balaban J connectivity index is 3.19. The van der Waals surface area contributed by atoms with Gasteiger partial charge in [-0.25, -0.2) is 0 Å². The van der Waals surface area contributed by atoms with E-state index in [4.69, 9.17) is 15.2 Å². The Labute approximate surface area is 122 Å². The first-order chi connectivity index (χ1) is 8.92. The molecule has 0 radical (unpaired) electrons. The predicted molar refractivity (Wildman–Crippen MR) is 78.0 cm³/mol. The van der Waals surface area contributed by atoms with Crippen molar-refractivity contribution in [2.45, 2.75) is 19.9 Å². The highest BCUT2D eigenvalue weighted by atomic mass is 79.9. The molecule has 0 fully saturated rings. The molecule has 0 aliphatic carbocycles. The summed E-state index contributed by atoms with van der Waals surface area (Å²) in [6.07, 6.45) is 0. The van der Waals surface area contributed by atoms with Gasteiger partial charge in [-0.15, -0.1) is 0 Å². The van der Waals surface area contributed by atoms with E-state index in [0.29, 0.717) is 5.75 Å². The third-order valence-corrected chi connectivity index (χ3v) is 3.62. The number of benzene rings is 1. The smallest absolute Gasteiger partial charge is 0.310 e. The highest BCUT2D eigenvalue weighted by molar-refractivity contribution is 9.10. The van der Waals surface area contributed by atoms with Crippen LogP contribution in [0.25, 0.3) is 0 Å². The fourth-order valence-electron chi connectivity index (χ4n) is 2.13. The molecule has 1 rings (SSSR count). The molecule has 106 valence electrons. The molecule has 5 heteroatoms. The number of ether oxygens (including phenoxy) is 2. The molecule has 0 heterocycles. The molecule has 0 saturated carbocycles. The highest BCUT2D eigenvalue weighted by Crippen LogP contribution is 2.34. The first-order valence-electron chi connectivity index (χ1n) is 6.09. The Hall–Kier alpha value is -1.07. The standard InChI is InChI=1S/C14H20BrNO3/c1-8(2)12(14(17)19-4)13(16)10-7-9(15)5-6-11(10)18-3/h5-8,12-13H,16H2,1-4H3. The van der Waals surface area contributed by atoms with E-state index in [9.17, 15) is 4.79 Å². The van der Waals surface area contributed by atoms with Crippen molar-refractivity contribution in [1.29, 1.82) is 0 Å². The largest absolute Gasteiger partial charge is 0.496 e. The molecular weight excluding hydrogens is 310 g/mol. The van der Waals surface area contributed by atoms with Crippen molar-refractivity contribution in [2.24, 2.45) is 17.6 Å². The van der Waals surface area contributed by atoms with Crippen LogP contribution in [-0.4, -0.2) is 20.2 Å². The van der Waals surface area contributed by atoms with Gasteiger partial charge in [0.15, 0.2) is 0 Å². The van der Waals surface area contributed by atoms with Crippen LogP contribution in [0.15, 0.2) is 22.7 Å². The fraction of sp³-hybridized carbons (Fsp3) is 0.500. The molecule has 2 unspecified atom stereocenters. The Morgan fingerprint density at radius 2 is 1.95 bits per heavy atom. The van der Waals surface area contributed by atoms with Gasteiger partial charge in [-0.05, 0) is 24.1 Å². The van der Waals surface area contributed by atoms with E-state index < -0.39 is 12.0 Å². The third-order valence-electron chi connectivity index (χ3n) is 3.13. The fourth-order valence-corrected chi connectivity index (χ4v) is 2.51. The summed E-state index contributed by atoms with van der Waals surface area (Å²) in [5, 5.41) is 0. The molecule has 0 aliphatic rings. The monoisotopic (exact) mass is 329 g/mol. The van der Waals surface area contributed by atoms with Crippen LogP contribution in [0.2, 0.25) is 0 Å². The van der Waals surface area contributed by atoms with Crippen molar-refractivity contribution in [3.63, 3.8) is 0 Å². The quantitative estimate of drug-likeness (QED) is 0.844. The Morgan fingerprint density at radius 3 is 2.42 bits per heavy atom. The number of esters is 1. The summed E-state index contributed by atoms with van der Waals surface area (Å²) in [4.78, 5) is 11.9. The maximum atomic E-state index is 11.9. The molecule has 1 aromatic rings. The second-order valence-electron chi connectivity index (χ2n) is 4.71. The van der Waals surface area contributed by atoms with Crippen LogP contribution < -0.4 is 10.5 Å². The van der Waals surface area contributed by atoms with Crippen LogP contribution in [0, 0.1) is 11.8 Å². The summed E-state index contributed by atoms with van der Waals surface area (Å²) in [5.74, 6) is 0.0362. The number of nitrogens with two attached hydrogens (primary N) is 1. The number of carbonyl (C=O) groups excluding carboxylic acids is 1. The summed E-state index contributed by atoms with van der Waals surface area (Å²) in [7, 11) is 2.96. The van der Waals surface area contributed by atoms with E-state index >= 15 is 0 Å². The van der Waals surface area contributed by atoms with Gasteiger partial charge in [0, 0.05) is 16.1 Å². The molecule has 0 spiro atoms. The molecule has 2 N–H and O–H groups in total. The zero-order valence-electron chi connectivity index (χ0n) is 11.6. The van der Waals surface area contributed by atoms with E-state index in [-0.39, 0.29) is 11.9 Å². The van der Waals surface area contributed by atoms with Gasteiger partial charge < -0.3 is 15.2 Å². The molecule has 0 aromatic heterocycles. The molecule has 0 amide bonds. The molecule has 2 atom stereocenters. The van der Waals surface area contributed by atoms with E-state index in [1.54, 1.807) is 7.11 Å². The van der Waals surface area contributed by atoms with Crippen molar-refractivity contribution in [2.75, 3.05) is 14.2 Å². The number of hydrogen-bond donors (Lipinski definition) is 1. The number of carbonyl (C=O) groups is 1. The summed E-state index contributed by atoms with van der Waals surface area (Å²) in [5.41, 5.74) is 7.05. The Bertz CT molecular complexity index is 448. The summed E-state index contributed by atoms with van der Waals surface area (Å²) in [6.45, 7) is 3.90. The van der Waals surface area contributed by atoms with Crippen LogP contribution >= 0.6 is 15.9 Å². The van der Waals surface area contributed by atoms with Crippen LogP contribution in [0.3, 0.4) is 0 Å². The SMILES string of the molecule is COC(=O)C(C(C)C)C(N)c1cc(Br)ccc1OC. The zero-order valence-corrected chi connectivity index (χ0v) is 13.2. The maximum absolute atomic E-state index is 11.9. The van der Waals surface area contributed by atoms with Gasteiger partial charge in [-0.1, -0.05) is 29.8 Å². The topological polar surface area (TPSA) is 61.5 Å². The van der Waals surface area contributed by atoms with E-state index in [2.05, 4.69) is 15.9 Å². The number of rotatable bonds is 5. The van der Waals surface area contributed by atoms with Crippen molar-refractivity contribution in [1.82, 2.24) is 0 Å².